The topological polar surface area (TPSA) is 9.23 Å². The summed E-state index contributed by atoms with van der Waals surface area (Å²) >= 11 is 0. The van der Waals surface area contributed by atoms with E-state index in [4.69, 9.17) is 4.74 Å². The Labute approximate surface area is 85.1 Å². The van der Waals surface area contributed by atoms with Crippen molar-refractivity contribution < 1.29 is 4.74 Å². The summed E-state index contributed by atoms with van der Waals surface area (Å²) in [6, 6.07) is 6.66. The Morgan fingerprint density at radius 2 is 2.21 bits per heavy atom. The standard InChI is InChI=1S/C13H16O/c1-2-4-10-5-3-6-11-12(10)14-9-13(11)7-8-13/h3,5-6H,2,4,7-9H2,1H3. The molecule has 0 radical (unpaired) electrons. The number of rotatable bonds is 2. The monoisotopic (exact) mass is 188 g/mol. The second-order valence-corrected chi connectivity index (χ2v) is 4.61. The zero-order valence-electron chi connectivity index (χ0n) is 8.68. The van der Waals surface area contributed by atoms with Gasteiger partial charge in [0.05, 0.1) is 6.61 Å². The first-order valence-electron chi connectivity index (χ1n) is 5.61. The summed E-state index contributed by atoms with van der Waals surface area (Å²) in [6.07, 6.45) is 5.01. The highest BCUT2D eigenvalue weighted by Gasteiger charge is 2.50. The molecule has 0 saturated heterocycles. The molecular weight excluding hydrogens is 172 g/mol. The summed E-state index contributed by atoms with van der Waals surface area (Å²) in [7, 11) is 0. The Hall–Kier alpha value is -0.980. The van der Waals surface area contributed by atoms with Crippen molar-refractivity contribution in [1.82, 2.24) is 0 Å². The lowest BCUT2D eigenvalue weighted by Gasteiger charge is -2.06. The van der Waals surface area contributed by atoms with Gasteiger partial charge in [0.25, 0.3) is 0 Å². The largest absolute Gasteiger partial charge is 0.492 e. The van der Waals surface area contributed by atoms with Gasteiger partial charge in [0, 0.05) is 11.0 Å². The number of benzene rings is 1. The van der Waals surface area contributed by atoms with E-state index < -0.39 is 0 Å². The number of para-hydroxylation sites is 1. The van der Waals surface area contributed by atoms with Crippen molar-refractivity contribution in [2.45, 2.75) is 38.0 Å². The molecule has 1 saturated carbocycles. The number of hydrogen-bond donors (Lipinski definition) is 0. The molecule has 2 aliphatic rings. The minimum Gasteiger partial charge on any atom is -0.492 e. The van der Waals surface area contributed by atoms with Crippen LogP contribution < -0.4 is 4.74 Å². The summed E-state index contributed by atoms with van der Waals surface area (Å²) in [4.78, 5) is 0. The lowest BCUT2D eigenvalue weighted by Crippen LogP contribution is -2.06. The molecule has 0 aromatic heterocycles. The Balaban J connectivity index is 2.06. The number of aryl methyl sites for hydroxylation is 1. The molecule has 1 aromatic carbocycles. The maximum atomic E-state index is 5.86. The van der Waals surface area contributed by atoms with Crippen molar-refractivity contribution in [2.24, 2.45) is 0 Å². The van der Waals surface area contributed by atoms with E-state index in [0.29, 0.717) is 5.41 Å². The van der Waals surface area contributed by atoms with Gasteiger partial charge in [0.1, 0.15) is 5.75 Å². The van der Waals surface area contributed by atoms with Crippen LogP contribution in [0.25, 0.3) is 0 Å². The minimum atomic E-state index is 0.444. The Kier molecular flexibility index (Phi) is 1.64. The first-order valence-corrected chi connectivity index (χ1v) is 5.61. The minimum absolute atomic E-state index is 0.444. The van der Waals surface area contributed by atoms with E-state index in [2.05, 4.69) is 25.1 Å². The smallest absolute Gasteiger partial charge is 0.126 e. The molecule has 0 amide bonds. The zero-order valence-corrected chi connectivity index (χ0v) is 8.68. The molecule has 1 aliphatic heterocycles. The first-order chi connectivity index (χ1) is 6.86. The van der Waals surface area contributed by atoms with Gasteiger partial charge in [0.15, 0.2) is 0 Å². The van der Waals surface area contributed by atoms with Crippen LogP contribution in [0.3, 0.4) is 0 Å². The van der Waals surface area contributed by atoms with Gasteiger partial charge in [-0.3, -0.25) is 0 Å². The van der Waals surface area contributed by atoms with Crippen LogP contribution in [-0.4, -0.2) is 6.61 Å². The van der Waals surface area contributed by atoms with Crippen LogP contribution >= 0.6 is 0 Å². The molecule has 1 heterocycles. The van der Waals surface area contributed by atoms with Gasteiger partial charge >= 0.3 is 0 Å². The molecule has 0 atom stereocenters. The number of hydrogen-bond acceptors (Lipinski definition) is 1. The van der Waals surface area contributed by atoms with Gasteiger partial charge in [-0.25, -0.2) is 0 Å². The van der Waals surface area contributed by atoms with Gasteiger partial charge in [0.2, 0.25) is 0 Å². The summed E-state index contributed by atoms with van der Waals surface area (Å²) in [5.74, 6) is 1.21. The van der Waals surface area contributed by atoms with Crippen LogP contribution in [0.1, 0.15) is 37.3 Å². The summed E-state index contributed by atoms with van der Waals surface area (Å²) in [6.45, 7) is 3.16. The van der Waals surface area contributed by atoms with Crippen molar-refractivity contribution in [2.75, 3.05) is 6.61 Å². The van der Waals surface area contributed by atoms with E-state index in [9.17, 15) is 0 Å². The zero-order chi connectivity index (χ0) is 9.60. The summed E-state index contributed by atoms with van der Waals surface area (Å²) in [5, 5.41) is 0. The summed E-state index contributed by atoms with van der Waals surface area (Å²) < 4.78 is 5.86. The average Bonchev–Trinajstić information content (AvgIpc) is 2.87. The molecule has 1 aliphatic carbocycles. The van der Waals surface area contributed by atoms with Gasteiger partial charge in [-0.1, -0.05) is 31.5 Å². The fourth-order valence-electron chi connectivity index (χ4n) is 2.49. The maximum absolute atomic E-state index is 5.86. The van der Waals surface area contributed by atoms with Crippen LogP contribution in [-0.2, 0) is 11.8 Å². The van der Waals surface area contributed by atoms with Crippen molar-refractivity contribution in [1.29, 1.82) is 0 Å². The Morgan fingerprint density at radius 3 is 2.93 bits per heavy atom. The second-order valence-electron chi connectivity index (χ2n) is 4.61. The predicted octanol–water partition coefficient (Wildman–Crippen LogP) is 3.06. The van der Waals surface area contributed by atoms with Crippen LogP contribution in [0.4, 0.5) is 0 Å². The van der Waals surface area contributed by atoms with Crippen molar-refractivity contribution in [3.63, 3.8) is 0 Å². The van der Waals surface area contributed by atoms with E-state index in [0.717, 1.165) is 13.0 Å². The van der Waals surface area contributed by atoms with E-state index in [1.165, 1.54) is 36.1 Å². The summed E-state index contributed by atoms with van der Waals surface area (Å²) in [5.41, 5.74) is 3.34. The van der Waals surface area contributed by atoms with Crippen molar-refractivity contribution >= 4 is 0 Å². The van der Waals surface area contributed by atoms with Gasteiger partial charge in [-0.05, 0) is 24.8 Å². The molecule has 0 N–H and O–H groups in total. The molecule has 1 spiro atoms. The molecule has 3 rings (SSSR count). The Bertz CT molecular complexity index is 363. The van der Waals surface area contributed by atoms with Crippen LogP contribution in [0.5, 0.6) is 5.75 Å². The lowest BCUT2D eigenvalue weighted by atomic mass is 9.95. The molecule has 1 aromatic rings. The third-order valence-electron chi connectivity index (χ3n) is 3.53. The molecule has 1 fully saturated rings. The van der Waals surface area contributed by atoms with Gasteiger partial charge in [-0.15, -0.1) is 0 Å². The molecule has 1 heteroatoms. The fourth-order valence-corrected chi connectivity index (χ4v) is 2.49. The van der Waals surface area contributed by atoms with Crippen molar-refractivity contribution in [3.05, 3.63) is 29.3 Å². The molecule has 0 bridgehead atoms. The van der Waals surface area contributed by atoms with Crippen LogP contribution in [0.2, 0.25) is 0 Å². The van der Waals surface area contributed by atoms with E-state index >= 15 is 0 Å². The molecule has 0 unspecified atom stereocenters. The number of ether oxygens (including phenoxy) is 1. The van der Waals surface area contributed by atoms with Gasteiger partial charge < -0.3 is 4.74 Å². The Morgan fingerprint density at radius 1 is 1.36 bits per heavy atom. The highest BCUT2D eigenvalue weighted by atomic mass is 16.5. The van der Waals surface area contributed by atoms with Crippen molar-refractivity contribution in [3.8, 4) is 5.75 Å². The highest BCUT2D eigenvalue weighted by molar-refractivity contribution is 5.51. The normalized spacial score (nSPS) is 20.6. The number of fused-ring (bicyclic) bond motifs is 2. The average molecular weight is 188 g/mol. The third kappa shape index (κ3) is 1.01. The molecule has 1 nitrogen and oxygen atoms in total. The highest BCUT2D eigenvalue weighted by Crippen LogP contribution is 2.56. The lowest BCUT2D eigenvalue weighted by molar-refractivity contribution is 0.321. The van der Waals surface area contributed by atoms with E-state index in [1.807, 2.05) is 0 Å². The molecule has 74 valence electrons. The third-order valence-corrected chi connectivity index (χ3v) is 3.53. The fraction of sp³-hybridized carbons (Fsp3) is 0.538. The predicted molar refractivity (Wildman–Crippen MR) is 56.8 cm³/mol. The molecule has 14 heavy (non-hydrogen) atoms. The maximum Gasteiger partial charge on any atom is 0.126 e. The van der Waals surface area contributed by atoms with E-state index in [1.54, 1.807) is 0 Å². The van der Waals surface area contributed by atoms with E-state index in [-0.39, 0.29) is 0 Å². The van der Waals surface area contributed by atoms with Gasteiger partial charge in [-0.2, -0.15) is 0 Å². The SMILES string of the molecule is CCCc1cccc2c1OCC21CC1. The first kappa shape index (κ1) is 8.34. The molecular formula is C13H16O. The van der Waals surface area contributed by atoms with Crippen LogP contribution in [0, 0.1) is 0 Å². The quantitative estimate of drug-likeness (QED) is 0.693. The second kappa shape index (κ2) is 2.75. The van der Waals surface area contributed by atoms with Crippen LogP contribution in [0.15, 0.2) is 18.2 Å².